The van der Waals surface area contributed by atoms with Crippen molar-refractivity contribution in [2.45, 2.75) is 32.2 Å². The van der Waals surface area contributed by atoms with Crippen molar-refractivity contribution in [2.75, 3.05) is 24.4 Å². The first-order chi connectivity index (χ1) is 10.0. The minimum atomic E-state index is -3.67. The van der Waals surface area contributed by atoms with Crippen molar-refractivity contribution in [3.8, 4) is 0 Å². The minimum Gasteiger partial charge on any atom is -0.315 e. The highest BCUT2D eigenvalue weighted by molar-refractivity contribution is 7.90. The van der Waals surface area contributed by atoms with Crippen LogP contribution in [0.15, 0.2) is 16.9 Å². The number of H-pyrrole nitrogens is 1. The number of aromatic nitrogens is 2. The summed E-state index contributed by atoms with van der Waals surface area (Å²) in [5, 5.41) is 9.08. The van der Waals surface area contributed by atoms with E-state index in [1.54, 1.807) is 0 Å². The van der Waals surface area contributed by atoms with Crippen LogP contribution < -0.4 is 15.6 Å². The first kappa shape index (κ1) is 15.9. The number of anilines is 1. The molecule has 0 saturated carbocycles. The molecule has 21 heavy (non-hydrogen) atoms. The summed E-state index contributed by atoms with van der Waals surface area (Å²) in [6, 6.07) is 2.52. The Kier molecular flexibility index (Phi) is 5.32. The molecule has 118 valence electrons. The molecule has 1 aliphatic rings. The summed E-state index contributed by atoms with van der Waals surface area (Å²) in [6.45, 7) is 3.93. The average molecular weight is 315 g/mol. The quantitative estimate of drug-likeness (QED) is 0.679. The molecule has 1 saturated heterocycles. The van der Waals surface area contributed by atoms with Gasteiger partial charge in [0, 0.05) is 25.2 Å². The third kappa shape index (κ3) is 4.26. The molecule has 0 radical (unpaired) electrons. The third-order valence-electron chi connectivity index (χ3n) is 3.42. The first-order valence-electron chi connectivity index (χ1n) is 7.09. The summed E-state index contributed by atoms with van der Waals surface area (Å²) in [5.41, 5.74) is -0.374. The van der Waals surface area contributed by atoms with Crippen LogP contribution in [0.25, 0.3) is 0 Å². The Morgan fingerprint density at radius 1 is 1.43 bits per heavy atom. The lowest BCUT2D eigenvalue weighted by Gasteiger charge is -2.34. The lowest BCUT2D eigenvalue weighted by atomic mass is 10.1. The van der Waals surface area contributed by atoms with E-state index in [2.05, 4.69) is 20.2 Å². The summed E-state index contributed by atoms with van der Waals surface area (Å²) >= 11 is 0. The molecule has 1 aromatic rings. The molecule has 0 amide bonds. The summed E-state index contributed by atoms with van der Waals surface area (Å²) in [7, 11) is -3.67. The van der Waals surface area contributed by atoms with E-state index in [1.165, 1.54) is 16.4 Å². The van der Waals surface area contributed by atoms with Gasteiger partial charge in [-0.1, -0.05) is 13.3 Å². The summed E-state index contributed by atoms with van der Waals surface area (Å²) < 4.78 is 28.8. The smallest absolute Gasteiger partial charge is 0.303 e. The predicted octanol–water partition coefficient (Wildman–Crippen LogP) is -0.109. The molecule has 2 heterocycles. The summed E-state index contributed by atoms with van der Waals surface area (Å²) in [6.07, 6.45) is 2.72. The zero-order chi connectivity index (χ0) is 15.3. The minimum absolute atomic E-state index is 0.0565. The maximum absolute atomic E-state index is 12.5. The normalized spacial score (nSPS) is 20.3. The fourth-order valence-electron chi connectivity index (χ4n) is 2.40. The van der Waals surface area contributed by atoms with Crippen LogP contribution in [0.3, 0.4) is 0 Å². The molecule has 3 N–H and O–H groups in total. The van der Waals surface area contributed by atoms with Crippen molar-refractivity contribution in [2.24, 2.45) is 0 Å². The first-order valence-corrected chi connectivity index (χ1v) is 8.53. The maximum Gasteiger partial charge on any atom is 0.303 e. The number of hydrogen-bond donors (Lipinski definition) is 3. The van der Waals surface area contributed by atoms with E-state index in [-0.39, 0.29) is 17.4 Å². The number of nitrogens with one attached hydrogen (secondary N) is 3. The molecular formula is C12H21N5O3S. The molecule has 0 bridgehead atoms. The van der Waals surface area contributed by atoms with Gasteiger partial charge in [0.1, 0.15) is 0 Å². The van der Waals surface area contributed by atoms with Crippen molar-refractivity contribution >= 4 is 16.0 Å². The van der Waals surface area contributed by atoms with E-state index >= 15 is 0 Å². The highest BCUT2D eigenvalue weighted by Crippen LogP contribution is 2.20. The largest absolute Gasteiger partial charge is 0.315 e. The SMILES string of the molecule is CCNCC1CCCCN1S(=O)(=O)Nc1ccc(=O)[nH]n1. The number of hydrogen-bond acceptors (Lipinski definition) is 5. The molecular weight excluding hydrogens is 294 g/mol. The molecule has 0 aliphatic carbocycles. The lowest BCUT2D eigenvalue weighted by Crippen LogP contribution is -2.50. The van der Waals surface area contributed by atoms with Gasteiger partial charge in [-0.2, -0.15) is 17.8 Å². The van der Waals surface area contributed by atoms with Gasteiger partial charge in [-0.3, -0.25) is 9.52 Å². The Morgan fingerprint density at radius 3 is 2.90 bits per heavy atom. The van der Waals surface area contributed by atoms with Gasteiger partial charge in [-0.05, 0) is 25.5 Å². The van der Waals surface area contributed by atoms with Crippen molar-refractivity contribution in [3.63, 3.8) is 0 Å². The molecule has 1 atom stereocenters. The van der Waals surface area contributed by atoms with E-state index in [0.29, 0.717) is 13.1 Å². The number of piperidine rings is 1. The highest BCUT2D eigenvalue weighted by Gasteiger charge is 2.32. The molecule has 1 aromatic heterocycles. The molecule has 8 nitrogen and oxygen atoms in total. The number of aromatic amines is 1. The van der Waals surface area contributed by atoms with Crippen molar-refractivity contribution in [1.82, 2.24) is 19.8 Å². The fraction of sp³-hybridized carbons (Fsp3) is 0.667. The average Bonchev–Trinajstić information content (AvgIpc) is 2.47. The van der Waals surface area contributed by atoms with Gasteiger partial charge in [-0.15, -0.1) is 0 Å². The van der Waals surface area contributed by atoms with Crippen molar-refractivity contribution in [3.05, 3.63) is 22.5 Å². The van der Waals surface area contributed by atoms with E-state index in [1.807, 2.05) is 6.92 Å². The van der Waals surface area contributed by atoms with Crippen LogP contribution in [0.1, 0.15) is 26.2 Å². The van der Waals surface area contributed by atoms with E-state index < -0.39 is 10.2 Å². The second-order valence-electron chi connectivity index (χ2n) is 4.98. The summed E-state index contributed by atoms with van der Waals surface area (Å²) in [5.74, 6) is 0.113. The Labute approximate surface area is 124 Å². The van der Waals surface area contributed by atoms with Crippen LogP contribution >= 0.6 is 0 Å². The van der Waals surface area contributed by atoms with E-state index in [0.717, 1.165) is 25.8 Å². The molecule has 0 aromatic carbocycles. The van der Waals surface area contributed by atoms with Gasteiger partial charge in [-0.25, -0.2) is 5.10 Å². The fourth-order valence-corrected chi connectivity index (χ4v) is 3.83. The molecule has 2 rings (SSSR count). The van der Waals surface area contributed by atoms with Gasteiger partial charge in [0.15, 0.2) is 5.82 Å². The number of rotatable bonds is 6. The molecule has 1 aliphatic heterocycles. The van der Waals surface area contributed by atoms with Crippen molar-refractivity contribution < 1.29 is 8.42 Å². The Bertz CT molecular complexity index is 595. The van der Waals surface area contributed by atoms with Crippen LogP contribution in [0.2, 0.25) is 0 Å². The Hall–Kier alpha value is -1.45. The van der Waals surface area contributed by atoms with E-state index in [9.17, 15) is 13.2 Å². The monoisotopic (exact) mass is 315 g/mol. The Morgan fingerprint density at radius 2 is 2.24 bits per heavy atom. The van der Waals surface area contributed by atoms with Gasteiger partial charge in [0.25, 0.3) is 5.56 Å². The van der Waals surface area contributed by atoms with Crippen LogP contribution in [-0.4, -0.2) is 48.6 Å². The topological polar surface area (TPSA) is 107 Å². The van der Waals surface area contributed by atoms with Gasteiger partial charge < -0.3 is 5.32 Å². The lowest BCUT2D eigenvalue weighted by molar-refractivity contribution is 0.248. The van der Waals surface area contributed by atoms with Gasteiger partial charge in [0.2, 0.25) is 0 Å². The van der Waals surface area contributed by atoms with Crippen LogP contribution in [0.5, 0.6) is 0 Å². The van der Waals surface area contributed by atoms with Crippen molar-refractivity contribution in [1.29, 1.82) is 0 Å². The molecule has 0 spiro atoms. The molecule has 1 unspecified atom stereocenters. The third-order valence-corrected chi connectivity index (χ3v) is 4.99. The highest BCUT2D eigenvalue weighted by atomic mass is 32.2. The number of likely N-dealkylation sites (N-methyl/N-ethyl adjacent to an activating group) is 1. The standard InChI is InChI=1S/C12H21N5O3S/c1-2-13-9-10-5-3-4-8-17(10)21(19,20)16-11-6-7-12(18)15-14-11/h6-7,10,13H,2-5,8-9H2,1H3,(H,14,16)(H,15,18). The van der Waals surface area contributed by atoms with Gasteiger partial charge >= 0.3 is 10.2 Å². The predicted molar refractivity (Wildman–Crippen MR) is 80.3 cm³/mol. The zero-order valence-electron chi connectivity index (χ0n) is 12.0. The second-order valence-corrected chi connectivity index (χ2v) is 6.60. The van der Waals surface area contributed by atoms with E-state index in [4.69, 9.17) is 0 Å². The summed E-state index contributed by atoms with van der Waals surface area (Å²) in [4.78, 5) is 10.9. The molecule has 9 heteroatoms. The van der Waals surface area contributed by atoms with Crippen LogP contribution in [0.4, 0.5) is 5.82 Å². The molecule has 1 fully saturated rings. The Balaban J connectivity index is 2.11. The van der Waals surface area contributed by atoms with Crippen LogP contribution in [-0.2, 0) is 10.2 Å². The second kappa shape index (κ2) is 7.01. The zero-order valence-corrected chi connectivity index (χ0v) is 12.8. The van der Waals surface area contributed by atoms with Gasteiger partial charge in [0.05, 0.1) is 0 Å². The maximum atomic E-state index is 12.5. The van der Waals surface area contributed by atoms with Crippen LogP contribution in [0, 0.1) is 0 Å². The number of nitrogens with zero attached hydrogens (tertiary/aromatic N) is 2.